The van der Waals surface area contributed by atoms with Gasteiger partial charge in [0.1, 0.15) is 11.5 Å². The maximum Gasteiger partial charge on any atom is 0.387 e. The lowest BCUT2D eigenvalue weighted by Crippen LogP contribution is -2.36. The lowest BCUT2D eigenvalue weighted by atomic mass is 10.1. The molecule has 0 aromatic heterocycles. The first kappa shape index (κ1) is 23.3. The molecule has 28 heavy (non-hydrogen) atoms. The van der Waals surface area contributed by atoms with E-state index in [9.17, 15) is 27.2 Å². The molecule has 1 rings (SSSR count). The summed E-state index contributed by atoms with van der Waals surface area (Å²) in [5.41, 5.74) is 0.000322. The minimum atomic E-state index is -3.21. The predicted molar refractivity (Wildman–Crippen MR) is 92.2 cm³/mol. The van der Waals surface area contributed by atoms with Crippen molar-refractivity contribution in [2.24, 2.45) is 0 Å². The fraction of sp³-hybridized carbons (Fsp3) is 0.444. The number of esters is 1. The number of hydrogen-bond acceptors (Lipinski definition) is 5. The van der Waals surface area contributed by atoms with Gasteiger partial charge in [0, 0.05) is 23.7 Å². The Balaban J connectivity index is 2.73. The van der Waals surface area contributed by atoms with E-state index in [1.807, 2.05) is 13.8 Å². The number of carbonyl (C=O) groups is 2. The number of amides is 1. The van der Waals surface area contributed by atoms with Crippen LogP contribution in [0.4, 0.5) is 17.6 Å². The summed E-state index contributed by atoms with van der Waals surface area (Å²) in [5.74, 6) is -2.21. The number of nitrogens with one attached hydrogen (secondary N) is 1. The second kappa shape index (κ2) is 11.8. The van der Waals surface area contributed by atoms with E-state index in [1.165, 1.54) is 0 Å². The van der Waals surface area contributed by atoms with Crippen LogP contribution in [-0.4, -0.2) is 37.7 Å². The van der Waals surface area contributed by atoms with E-state index < -0.39 is 37.5 Å². The number of carbonyl (C=O) groups excluding carboxylic acids is 2. The number of halogens is 4. The minimum absolute atomic E-state index is 0.000322. The molecule has 0 aliphatic rings. The summed E-state index contributed by atoms with van der Waals surface area (Å²) in [5, 5.41) is 2.68. The van der Waals surface area contributed by atoms with Crippen LogP contribution in [0.1, 0.15) is 32.3 Å². The van der Waals surface area contributed by atoms with Gasteiger partial charge in [0.25, 0.3) is 5.91 Å². The van der Waals surface area contributed by atoms with Gasteiger partial charge in [-0.05, 0) is 31.1 Å². The van der Waals surface area contributed by atoms with Crippen molar-refractivity contribution in [3.8, 4) is 11.5 Å². The van der Waals surface area contributed by atoms with E-state index in [4.69, 9.17) is 4.74 Å². The summed E-state index contributed by atoms with van der Waals surface area (Å²) in [6.45, 7) is -3.04. The quantitative estimate of drug-likeness (QED) is 0.344. The number of hydrogen-bond donors (Lipinski definition) is 1. The summed E-state index contributed by atoms with van der Waals surface area (Å²) in [4.78, 5) is 23.3. The standard InChI is InChI=1S/C18H21F4NO5/c1-3-12(4-2)23-15(24)10-26-16(25)8-6-11-5-7-13(27-17(19)20)9-14(11)28-18(21)22/h5-9,12,17-18H,3-4,10H2,1-2H3,(H,23,24)/b8-6+. The van der Waals surface area contributed by atoms with E-state index in [-0.39, 0.29) is 17.4 Å². The first-order valence-corrected chi connectivity index (χ1v) is 8.43. The van der Waals surface area contributed by atoms with Crippen LogP contribution < -0.4 is 14.8 Å². The van der Waals surface area contributed by atoms with Gasteiger partial charge in [-0.3, -0.25) is 4.79 Å². The molecule has 0 unspecified atom stereocenters. The molecule has 1 aromatic carbocycles. The first-order valence-electron chi connectivity index (χ1n) is 8.43. The van der Waals surface area contributed by atoms with Crippen LogP contribution in [0.15, 0.2) is 24.3 Å². The van der Waals surface area contributed by atoms with Gasteiger partial charge in [-0.1, -0.05) is 13.8 Å². The minimum Gasteiger partial charge on any atom is -0.452 e. The van der Waals surface area contributed by atoms with Crippen molar-refractivity contribution in [2.45, 2.75) is 46.0 Å². The van der Waals surface area contributed by atoms with Gasteiger partial charge in [0.05, 0.1) is 0 Å². The van der Waals surface area contributed by atoms with Crippen LogP contribution in [0, 0.1) is 0 Å². The Labute approximate surface area is 159 Å². The molecule has 0 saturated carbocycles. The average Bonchev–Trinajstić information content (AvgIpc) is 2.62. The highest BCUT2D eigenvalue weighted by atomic mass is 19.3. The van der Waals surface area contributed by atoms with Crippen LogP contribution >= 0.6 is 0 Å². The van der Waals surface area contributed by atoms with Crippen molar-refractivity contribution in [1.82, 2.24) is 5.32 Å². The maximum atomic E-state index is 12.5. The van der Waals surface area contributed by atoms with Crippen molar-refractivity contribution >= 4 is 18.0 Å². The fourth-order valence-corrected chi connectivity index (χ4v) is 2.13. The molecular weight excluding hydrogens is 386 g/mol. The van der Waals surface area contributed by atoms with Gasteiger partial charge in [-0.2, -0.15) is 17.6 Å². The zero-order valence-electron chi connectivity index (χ0n) is 15.3. The lowest BCUT2D eigenvalue weighted by molar-refractivity contribution is -0.144. The van der Waals surface area contributed by atoms with E-state index in [0.29, 0.717) is 0 Å². The molecule has 0 radical (unpaired) electrons. The van der Waals surface area contributed by atoms with Crippen LogP contribution in [0.5, 0.6) is 11.5 Å². The molecule has 0 bridgehead atoms. The van der Waals surface area contributed by atoms with Crippen molar-refractivity contribution in [2.75, 3.05) is 6.61 Å². The van der Waals surface area contributed by atoms with E-state index in [1.54, 1.807) is 0 Å². The molecule has 0 saturated heterocycles. The lowest BCUT2D eigenvalue weighted by Gasteiger charge is -2.14. The smallest absolute Gasteiger partial charge is 0.387 e. The molecule has 0 heterocycles. The van der Waals surface area contributed by atoms with Crippen LogP contribution in [0.3, 0.4) is 0 Å². The molecule has 1 N–H and O–H groups in total. The number of alkyl halides is 4. The summed E-state index contributed by atoms with van der Waals surface area (Å²) < 4.78 is 62.6. The molecule has 0 fully saturated rings. The molecule has 0 aliphatic carbocycles. The van der Waals surface area contributed by atoms with Crippen LogP contribution in [0.2, 0.25) is 0 Å². The monoisotopic (exact) mass is 407 g/mol. The fourth-order valence-electron chi connectivity index (χ4n) is 2.13. The molecule has 10 heteroatoms. The Morgan fingerprint density at radius 3 is 2.29 bits per heavy atom. The molecule has 1 aromatic rings. The van der Waals surface area contributed by atoms with Crippen LogP contribution in [0.25, 0.3) is 6.08 Å². The Kier molecular flexibility index (Phi) is 9.83. The third-order valence-corrected chi connectivity index (χ3v) is 3.52. The van der Waals surface area contributed by atoms with E-state index in [2.05, 4.69) is 14.8 Å². The van der Waals surface area contributed by atoms with Crippen molar-refractivity contribution in [3.05, 3.63) is 29.8 Å². The number of benzene rings is 1. The SMILES string of the molecule is CCC(CC)NC(=O)COC(=O)/C=C/c1ccc(OC(F)F)cc1OC(F)F. The molecule has 0 atom stereocenters. The van der Waals surface area contributed by atoms with Crippen molar-refractivity contribution in [1.29, 1.82) is 0 Å². The van der Waals surface area contributed by atoms with Gasteiger partial charge in [-0.25, -0.2) is 4.79 Å². The zero-order valence-corrected chi connectivity index (χ0v) is 15.3. The van der Waals surface area contributed by atoms with Gasteiger partial charge >= 0.3 is 19.2 Å². The topological polar surface area (TPSA) is 73.9 Å². The molecule has 6 nitrogen and oxygen atoms in total. The zero-order chi connectivity index (χ0) is 21.1. The van der Waals surface area contributed by atoms with Crippen molar-refractivity contribution < 1.29 is 41.4 Å². The summed E-state index contributed by atoms with van der Waals surface area (Å²) in [6.07, 6.45) is 3.44. The van der Waals surface area contributed by atoms with Gasteiger partial charge < -0.3 is 19.5 Å². The predicted octanol–water partition coefficient (Wildman–Crippen LogP) is 3.75. The summed E-state index contributed by atoms with van der Waals surface area (Å²) in [7, 11) is 0. The normalized spacial score (nSPS) is 11.3. The average molecular weight is 407 g/mol. The van der Waals surface area contributed by atoms with Crippen molar-refractivity contribution in [3.63, 3.8) is 0 Å². The van der Waals surface area contributed by atoms with E-state index >= 15 is 0 Å². The highest BCUT2D eigenvalue weighted by Crippen LogP contribution is 2.28. The highest BCUT2D eigenvalue weighted by molar-refractivity contribution is 5.89. The van der Waals surface area contributed by atoms with Crippen LogP contribution in [-0.2, 0) is 14.3 Å². The Morgan fingerprint density at radius 2 is 1.71 bits per heavy atom. The largest absolute Gasteiger partial charge is 0.452 e. The molecule has 0 aliphatic heterocycles. The second-order valence-corrected chi connectivity index (χ2v) is 5.48. The Bertz CT molecular complexity index is 678. The Morgan fingerprint density at radius 1 is 1.07 bits per heavy atom. The molecule has 156 valence electrons. The number of rotatable bonds is 11. The van der Waals surface area contributed by atoms with Gasteiger partial charge in [-0.15, -0.1) is 0 Å². The molecule has 0 spiro atoms. The second-order valence-electron chi connectivity index (χ2n) is 5.48. The first-order chi connectivity index (χ1) is 13.2. The molecular formula is C18H21F4NO5. The third kappa shape index (κ3) is 8.74. The highest BCUT2D eigenvalue weighted by Gasteiger charge is 2.13. The van der Waals surface area contributed by atoms with Gasteiger partial charge in [0.2, 0.25) is 0 Å². The Hall–Kier alpha value is -2.78. The summed E-state index contributed by atoms with van der Waals surface area (Å²) >= 11 is 0. The molecule has 1 amide bonds. The van der Waals surface area contributed by atoms with Gasteiger partial charge in [0.15, 0.2) is 6.61 Å². The summed E-state index contributed by atoms with van der Waals surface area (Å²) in [6, 6.07) is 3.06. The number of ether oxygens (including phenoxy) is 3. The van der Waals surface area contributed by atoms with E-state index in [0.717, 1.165) is 43.2 Å². The maximum absolute atomic E-state index is 12.5. The third-order valence-electron chi connectivity index (χ3n) is 3.52.